The molecular formula is C8H11N3O2. The van der Waals surface area contributed by atoms with Gasteiger partial charge in [-0.1, -0.05) is 0 Å². The van der Waals surface area contributed by atoms with Crippen LogP contribution >= 0.6 is 0 Å². The van der Waals surface area contributed by atoms with Crippen molar-refractivity contribution in [2.75, 3.05) is 13.2 Å². The van der Waals surface area contributed by atoms with Crippen LogP contribution in [0.2, 0.25) is 0 Å². The smallest absolute Gasteiger partial charge is 0.316 e. The van der Waals surface area contributed by atoms with Gasteiger partial charge in [-0.15, -0.1) is 0 Å². The highest BCUT2D eigenvalue weighted by molar-refractivity contribution is 5.77. The molecule has 1 amide bonds. The SMILES string of the molecule is CCNC(=O)COc1ncccn1. The Labute approximate surface area is 76.2 Å². The van der Waals surface area contributed by atoms with Crippen LogP contribution in [0, 0.1) is 0 Å². The van der Waals surface area contributed by atoms with Crippen molar-refractivity contribution in [2.45, 2.75) is 6.92 Å². The van der Waals surface area contributed by atoms with Crippen LogP contribution in [0.15, 0.2) is 18.5 Å². The van der Waals surface area contributed by atoms with E-state index < -0.39 is 0 Å². The zero-order valence-corrected chi connectivity index (χ0v) is 7.36. The molecule has 1 aromatic rings. The van der Waals surface area contributed by atoms with Gasteiger partial charge < -0.3 is 10.1 Å². The van der Waals surface area contributed by atoms with Gasteiger partial charge >= 0.3 is 6.01 Å². The number of carbonyl (C=O) groups is 1. The Bertz CT molecular complexity index is 263. The summed E-state index contributed by atoms with van der Waals surface area (Å²) in [4.78, 5) is 18.5. The molecule has 70 valence electrons. The first-order chi connectivity index (χ1) is 6.33. The number of amides is 1. The summed E-state index contributed by atoms with van der Waals surface area (Å²) in [7, 11) is 0. The Kier molecular flexibility index (Phi) is 3.69. The molecule has 1 N–H and O–H groups in total. The van der Waals surface area contributed by atoms with E-state index in [0.29, 0.717) is 6.54 Å². The van der Waals surface area contributed by atoms with E-state index in [1.807, 2.05) is 6.92 Å². The number of nitrogens with one attached hydrogen (secondary N) is 1. The number of hydrogen-bond acceptors (Lipinski definition) is 4. The van der Waals surface area contributed by atoms with Crippen molar-refractivity contribution < 1.29 is 9.53 Å². The van der Waals surface area contributed by atoms with Crippen LogP contribution in [-0.4, -0.2) is 29.0 Å². The van der Waals surface area contributed by atoms with Crippen molar-refractivity contribution in [3.05, 3.63) is 18.5 Å². The number of hydrogen-bond donors (Lipinski definition) is 1. The Balaban J connectivity index is 2.31. The van der Waals surface area contributed by atoms with E-state index in [0.717, 1.165) is 0 Å². The van der Waals surface area contributed by atoms with Crippen LogP contribution in [0.5, 0.6) is 6.01 Å². The second-order valence-corrected chi connectivity index (χ2v) is 2.27. The van der Waals surface area contributed by atoms with Gasteiger partial charge in [0.15, 0.2) is 6.61 Å². The van der Waals surface area contributed by atoms with Crippen molar-refractivity contribution in [2.24, 2.45) is 0 Å². The molecule has 0 aliphatic rings. The molecule has 0 aliphatic heterocycles. The van der Waals surface area contributed by atoms with Crippen LogP contribution < -0.4 is 10.1 Å². The van der Waals surface area contributed by atoms with Crippen LogP contribution in [-0.2, 0) is 4.79 Å². The van der Waals surface area contributed by atoms with Crippen LogP contribution in [0.1, 0.15) is 6.92 Å². The van der Waals surface area contributed by atoms with Gasteiger partial charge in [-0.3, -0.25) is 4.79 Å². The van der Waals surface area contributed by atoms with Crippen LogP contribution in [0.3, 0.4) is 0 Å². The zero-order chi connectivity index (χ0) is 9.52. The van der Waals surface area contributed by atoms with Crippen molar-refractivity contribution in [1.29, 1.82) is 0 Å². The molecule has 1 rings (SSSR count). The second-order valence-electron chi connectivity index (χ2n) is 2.27. The average molecular weight is 181 g/mol. The monoisotopic (exact) mass is 181 g/mol. The van der Waals surface area contributed by atoms with Gasteiger partial charge in [0.25, 0.3) is 5.91 Å². The molecule has 1 aromatic heterocycles. The maximum atomic E-state index is 10.9. The first kappa shape index (κ1) is 9.44. The number of aromatic nitrogens is 2. The molecule has 0 saturated heterocycles. The van der Waals surface area contributed by atoms with E-state index in [2.05, 4.69) is 15.3 Å². The number of ether oxygens (including phenoxy) is 1. The average Bonchev–Trinajstić information content (AvgIpc) is 2.17. The van der Waals surface area contributed by atoms with E-state index in [4.69, 9.17) is 4.74 Å². The molecule has 0 bridgehead atoms. The lowest BCUT2D eigenvalue weighted by Crippen LogP contribution is -2.28. The molecule has 5 heteroatoms. The van der Waals surface area contributed by atoms with Crippen molar-refractivity contribution in [3.63, 3.8) is 0 Å². The Morgan fingerprint density at radius 1 is 1.54 bits per heavy atom. The predicted octanol–water partition coefficient (Wildman–Crippen LogP) is -0.00850. The number of carbonyl (C=O) groups excluding carboxylic acids is 1. The van der Waals surface area contributed by atoms with E-state index in [1.165, 1.54) is 0 Å². The maximum absolute atomic E-state index is 10.9. The molecule has 0 atom stereocenters. The van der Waals surface area contributed by atoms with Crippen molar-refractivity contribution in [3.8, 4) is 6.01 Å². The first-order valence-electron chi connectivity index (χ1n) is 3.99. The molecule has 0 unspecified atom stereocenters. The summed E-state index contributed by atoms with van der Waals surface area (Å²) in [5.74, 6) is -0.171. The normalized spacial score (nSPS) is 9.31. The fourth-order valence-corrected chi connectivity index (χ4v) is 0.738. The van der Waals surface area contributed by atoms with E-state index >= 15 is 0 Å². The Morgan fingerprint density at radius 2 is 2.23 bits per heavy atom. The summed E-state index contributed by atoms with van der Waals surface area (Å²) in [6.07, 6.45) is 3.11. The summed E-state index contributed by atoms with van der Waals surface area (Å²) in [6.45, 7) is 2.40. The third kappa shape index (κ3) is 3.50. The molecule has 13 heavy (non-hydrogen) atoms. The number of rotatable bonds is 4. The Hall–Kier alpha value is -1.65. The molecular weight excluding hydrogens is 170 g/mol. The van der Waals surface area contributed by atoms with Crippen molar-refractivity contribution >= 4 is 5.91 Å². The minimum atomic E-state index is -0.171. The van der Waals surface area contributed by atoms with Crippen molar-refractivity contribution in [1.82, 2.24) is 15.3 Å². The summed E-state index contributed by atoms with van der Waals surface area (Å²) in [6, 6.07) is 1.90. The van der Waals surface area contributed by atoms with Gasteiger partial charge in [-0.25, -0.2) is 9.97 Å². The second kappa shape index (κ2) is 5.08. The summed E-state index contributed by atoms with van der Waals surface area (Å²) in [5.41, 5.74) is 0. The van der Waals surface area contributed by atoms with Gasteiger partial charge in [0, 0.05) is 18.9 Å². The maximum Gasteiger partial charge on any atom is 0.316 e. The van der Waals surface area contributed by atoms with Gasteiger partial charge in [0.1, 0.15) is 0 Å². The van der Waals surface area contributed by atoms with Gasteiger partial charge in [-0.2, -0.15) is 0 Å². The van der Waals surface area contributed by atoms with E-state index in [9.17, 15) is 4.79 Å². The highest BCUT2D eigenvalue weighted by Gasteiger charge is 2.01. The molecule has 0 radical (unpaired) electrons. The third-order valence-electron chi connectivity index (χ3n) is 1.25. The first-order valence-corrected chi connectivity index (χ1v) is 3.99. The molecule has 1 heterocycles. The molecule has 0 aliphatic carbocycles. The minimum absolute atomic E-state index is 0.0438. The number of likely N-dealkylation sites (N-methyl/N-ethyl adjacent to an activating group) is 1. The fourth-order valence-electron chi connectivity index (χ4n) is 0.738. The molecule has 0 fully saturated rings. The van der Waals surface area contributed by atoms with E-state index in [-0.39, 0.29) is 18.5 Å². The fraction of sp³-hybridized carbons (Fsp3) is 0.375. The van der Waals surface area contributed by atoms with E-state index in [1.54, 1.807) is 18.5 Å². The van der Waals surface area contributed by atoms with Gasteiger partial charge in [-0.05, 0) is 13.0 Å². The predicted molar refractivity (Wildman–Crippen MR) is 46.2 cm³/mol. The quantitative estimate of drug-likeness (QED) is 0.709. The summed E-state index contributed by atoms with van der Waals surface area (Å²) < 4.78 is 4.99. The topological polar surface area (TPSA) is 64.1 Å². The largest absolute Gasteiger partial charge is 0.453 e. The summed E-state index contributed by atoms with van der Waals surface area (Å²) in [5, 5.41) is 2.60. The lowest BCUT2D eigenvalue weighted by Gasteiger charge is -2.02. The number of nitrogens with zero attached hydrogens (tertiary/aromatic N) is 2. The van der Waals surface area contributed by atoms with Gasteiger partial charge in [0.2, 0.25) is 0 Å². The minimum Gasteiger partial charge on any atom is -0.453 e. The molecule has 0 spiro atoms. The molecule has 0 saturated carbocycles. The van der Waals surface area contributed by atoms with Crippen LogP contribution in [0.4, 0.5) is 0 Å². The molecule has 5 nitrogen and oxygen atoms in total. The van der Waals surface area contributed by atoms with Crippen LogP contribution in [0.25, 0.3) is 0 Å². The molecule has 0 aromatic carbocycles. The third-order valence-corrected chi connectivity index (χ3v) is 1.25. The Morgan fingerprint density at radius 3 is 2.85 bits per heavy atom. The lowest BCUT2D eigenvalue weighted by atomic mass is 10.6. The standard InChI is InChI=1S/C8H11N3O2/c1-2-9-7(12)6-13-8-10-4-3-5-11-8/h3-5H,2,6H2,1H3,(H,9,12). The zero-order valence-electron chi connectivity index (χ0n) is 7.36. The highest BCUT2D eigenvalue weighted by atomic mass is 16.5. The lowest BCUT2D eigenvalue weighted by molar-refractivity contribution is -0.123. The summed E-state index contributed by atoms with van der Waals surface area (Å²) >= 11 is 0. The highest BCUT2D eigenvalue weighted by Crippen LogP contribution is 1.95. The van der Waals surface area contributed by atoms with Gasteiger partial charge in [0.05, 0.1) is 0 Å².